The van der Waals surface area contributed by atoms with Crippen LogP contribution in [0.2, 0.25) is 5.02 Å². The second-order valence-electron chi connectivity index (χ2n) is 7.28. The van der Waals surface area contributed by atoms with Crippen LogP contribution < -0.4 is 4.74 Å². The molecule has 2 atom stereocenters. The second-order valence-corrected chi connectivity index (χ2v) is 7.71. The van der Waals surface area contributed by atoms with E-state index in [-0.39, 0.29) is 11.6 Å². The predicted octanol–water partition coefficient (Wildman–Crippen LogP) is 5.85. The highest BCUT2D eigenvalue weighted by Crippen LogP contribution is 2.49. The standard InChI is InChI=1S/C24H21ClN2O4/c25-19-10-6-17(7-11-19)22-16-23(22)24(18-8-12-20(13-9-18)27(28)29)26-31-15-14-30-21-4-2-1-3-5-21/h1-13,22-23H,14-16H2/b26-24-/t22-,23+/m1/s1. The third-order valence-electron chi connectivity index (χ3n) is 5.16. The number of ether oxygens (including phenoxy) is 1. The van der Waals surface area contributed by atoms with Crippen molar-refractivity contribution in [2.45, 2.75) is 12.3 Å². The molecule has 0 spiro atoms. The van der Waals surface area contributed by atoms with Gasteiger partial charge in [0, 0.05) is 28.6 Å². The van der Waals surface area contributed by atoms with Crippen molar-refractivity contribution in [3.05, 3.63) is 105 Å². The van der Waals surface area contributed by atoms with Crippen LogP contribution in [0.15, 0.2) is 84.0 Å². The summed E-state index contributed by atoms with van der Waals surface area (Å²) in [6.45, 7) is 0.663. The van der Waals surface area contributed by atoms with Crippen LogP contribution in [0.1, 0.15) is 23.5 Å². The fraction of sp³-hybridized carbons (Fsp3) is 0.208. The maximum Gasteiger partial charge on any atom is 0.269 e. The summed E-state index contributed by atoms with van der Waals surface area (Å²) in [5.41, 5.74) is 2.84. The lowest BCUT2D eigenvalue weighted by Gasteiger charge is -2.09. The van der Waals surface area contributed by atoms with Crippen LogP contribution >= 0.6 is 11.6 Å². The van der Waals surface area contributed by atoms with Gasteiger partial charge in [0.15, 0.2) is 6.61 Å². The van der Waals surface area contributed by atoms with E-state index >= 15 is 0 Å². The molecular formula is C24H21ClN2O4. The first-order chi connectivity index (χ1) is 15.1. The summed E-state index contributed by atoms with van der Waals surface area (Å²) < 4.78 is 5.63. The number of nitrogens with zero attached hydrogens (tertiary/aromatic N) is 2. The van der Waals surface area contributed by atoms with E-state index in [0.29, 0.717) is 24.2 Å². The third-order valence-corrected chi connectivity index (χ3v) is 5.42. The van der Waals surface area contributed by atoms with Crippen LogP contribution in [0.3, 0.4) is 0 Å². The largest absolute Gasteiger partial charge is 0.490 e. The number of hydrogen-bond acceptors (Lipinski definition) is 5. The summed E-state index contributed by atoms with van der Waals surface area (Å²) >= 11 is 6.00. The van der Waals surface area contributed by atoms with E-state index in [9.17, 15) is 10.1 Å². The topological polar surface area (TPSA) is 74.0 Å². The Kier molecular flexibility index (Phi) is 6.48. The van der Waals surface area contributed by atoms with Crippen molar-refractivity contribution >= 4 is 23.0 Å². The molecule has 0 aliphatic heterocycles. The monoisotopic (exact) mass is 436 g/mol. The first kappa shape index (κ1) is 20.9. The van der Waals surface area contributed by atoms with E-state index in [2.05, 4.69) is 5.16 Å². The van der Waals surface area contributed by atoms with Crippen molar-refractivity contribution in [1.82, 2.24) is 0 Å². The van der Waals surface area contributed by atoms with Crippen molar-refractivity contribution in [2.24, 2.45) is 11.1 Å². The van der Waals surface area contributed by atoms with Gasteiger partial charge in [-0.3, -0.25) is 10.1 Å². The molecular weight excluding hydrogens is 416 g/mol. The number of halogens is 1. The molecule has 31 heavy (non-hydrogen) atoms. The highest BCUT2D eigenvalue weighted by atomic mass is 35.5. The zero-order valence-electron chi connectivity index (χ0n) is 16.7. The molecule has 0 heterocycles. The van der Waals surface area contributed by atoms with Crippen LogP contribution in [-0.2, 0) is 4.84 Å². The quantitative estimate of drug-likeness (QED) is 0.182. The zero-order valence-corrected chi connectivity index (χ0v) is 17.4. The SMILES string of the molecule is O=[N+]([O-])c1ccc(/C(=N/OCCOc2ccccc2)[C@H]2C[C@@H]2c2ccc(Cl)cc2)cc1. The summed E-state index contributed by atoms with van der Waals surface area (Å²) in [4.78, 5) is 16.1. The predicted molar refractivity (Wildman–Crippen MR) is 120 cm³/mol. The minimum absolute atomic E-state index is 0.0466. The first-order valence-corrected chi connectivity index (χ1v) is 10.4. The van der Waals surface area contributed by atoms with Crippen molar-refractivity contribution < 1.29 is 14.5 Å². The third kappa shape index (κ3) is 5.41. The maximum atomic E-state index is 11.0. The van der Waals surface area contributed by atoms with Crippen molar-refractivity contribution in [3.8, 4) is 5.75 Å². The first-order valence-electron chi connectivity index (χ1n) is 10.00. The number of non-ortho nitro benzene ring substituents is 1. The minimum Gasteiger partial charge on any atom is -0.490 e. The lowest BCUT2D eigenvalue weighted by Crippen LogP contribution is -2.09. The lowest BCUT2D eigenvalue weighted by molar-refractivity contribution is -0.384. The molecule has 6 nitrogen and oxygen atoms in total. The van der Waals surface area contributed by atoms with Gasteiger partial charge in [0.1, 0.15) is 12.4 Å². The average molecular weight is 437 g/mol. The molecule has 0 radical (unpaired) electrons. The Morgan fingerprint density at radius 3 is 2.39 bits per heavy atom. The van der Waals surface area contributed by atoms with Gasteiger partial charge >= 0.3 is 0 Å². The van der Waals surface area contributed by atoms with Gasteiger partial charge in [0.05, 0.1) is 10.6 Å². The maximum absolute atomic E-state index is 11.0. The van der Waals surface area contributed by atoms with Crippen molar-refractivity contribution in [1.29, 1.82) is 0 Å². The Morgan fingerprint density at radius 1 is 1.00 bits per heavy atom. The Hall–Kier alpha value is -3.38. The molecule has 0 unspecified atom stereocenters. The zero-order chi connectivity index (χ0) is 21.6. The van der Waals surface area contributed by atoms with Gasteiger partial charge in [0.2, 0.25) is 0 Å². The molecule has 1 saturated carbocycles. The molecule has 0 N–H and O–H groups in total. The van der Waals surface area contributed by atoms with Gasteiger partial charge < -0.3 is 9.57 Å². The van der Waals surface area contributed by atoms with Crippen LogP contribution in [0, 0.1) is 16.0 Å². The number of oxime groups is 1. The Balaban J connectivity index is 1.45. The molecule has 158 valence electrons. The van der Waals surface area contributed by atoms with Gasteiger partial charge in [-0.05, 0) is 54.3 Å². The van der Waals surface area contributed by atoms with E-state index in [1.165, 1.54) is 17.7 Å². The van der Waals surface area contributed by atoms with Crippen molar-refractivity contribution in [2.75, 3.05) is 13.2 Å². The molecule has 3 aromatic carbocycles. The molecule has 0 saturated heterocycles. The summed E-state index contributed by atoms with van der Waals surface area (Å²) in [5, 5.41) is 16.1. The fourth-order valence-corrected chi connectivity index (χ4v) is 3.62. The smallest absolute Gasteiger partial charge is 0.269 e. The summed E-state index contributed by atoms with van der Waals surface area (Å²) in [7, 11) is 0. The highest BCUT2D eigenvalue weighted by molar-refractivity contribution is 6.30. The Bertz CT molecular complexity index is 1050. The van der Waals surface area contributed by atoms with Gasteiger partial charge in [-0.15, -0.1) is 0 Å². The molecule has 0 aromatic heterocycles. The highest BCUT2D eigenvalue weighted by Gasteiger charge is 2.43. The van der Waals surface area contributed by atoms with E-state index in [1.807, 2.05) is 54.6 Å². The molecule has 0 bridgehead atoms. The minimum atomic E-state index is -0.411. The summed E-state index contributed by atoms with van der Waals surface area (Å²) in [6.07, 6.45) is 0.932. The van der Waals surface area contributed by atoms with E-state index in [1.54, 1.807) is 12.1 Å². The normalized spacial score (nSPS) is 17.8. The van der Waals surface area contributed by atoms with Crippen LogP contribution in [0.5, 0.6) is 5.75 Å². The number of hydrogen-bond donors (Lipinski definition) is 0. The molecule has 1 aliphatic carbocycles. The van der Waals surface area contributed by atoms with Gasteiger partial charge in [-0.1, -0.05) is 47.1 Å². The molecule has 4 rings (SSSR count). The van der Waals surface area contributed by atoms with Crippen LogP contribution in [0.25, 0.3) is 0 Å². The average Bonchev–Trinajstić information content (AvgIpc) is 3.58. The summed E-state index contributed by atoms with van der Waals surface area (Å²) in [6, 6.07) is 23.7. The van der Waals surface area contributed by atoms with Crippen LogP contribution in [-0.4, -0.2) is 23.8 Å². The molecule has 3 aromatic rings. The molecule has 1 fully saturated rings. The number of benzene rings is 3. The summed E-state index contributed by atoms with van der Waals surface area (Å²) in [5.74, 6) is 1.27. The number of rotatable bonds is 9. The Labute approximate surface area is 185 Å². The van der Waals surface area contributed by atoms with Gasteiger partial charge in [-0.2, -0.15) is 0 Å². The molecule has 7 heteroatoms. The van der Waals surface area contributed by atoms with Gasteiger partial charge in [0.25, 0.3) is 5.69 Å². The van der Waals surface area contributed by atoms with Crippen molar-refractivity contribution in [3.63, 3.8) is 0 Å². The fourth-order valence-electron chi connectivity index (χ4n) is 3.49. The lowest BCUT2D eigenvalue weighted by atomic mass is 10.0. The van der Waals surface area contributed by atoms with Gasteiger partial charge in [-0.25, -0.2) is 0 Å². The number of nitro groups is 1. The number of para-hydroxylation sites is 1. The van der Waals surface area contributed by atoms with E-state index < -0.39 is 4.92 Å². The Morgan fingerprint density at radius 2 is 1.71 bits per heavy atom. The second kappa shape index (κ2) is 9.62. The number of nitro benzene ring substituents is 1. The van der Waals surface area contributed by atoms with Crippen LogP contribution in [0.4, 0.5) is 5.69 Å². The van der Waals surface area contributed by atoms with E-state index in [4.69, 9.17) is 21.2 Å². The molecule has 0 amide bonds. The van der Waals surface area contributed by atoms with E-state index in [0.717, 1.165) is 23.4 Å². The molecule has 1 aliphatic rings.